The van der Waals surface area contributed by atoms with E-state index in [-0.39, 0.29) is 5.78 Å². The molecule has 0 amide bonds. The fourth-order valence-corrected chi connectivity index (χ4v) is 3.69. The van der Waals surface area contributed by atoms with Crippen molar-refractivity contribution in [3.05, 3.63) is 71.6 Å². The summed E-state index contributed by atoms with van der Waals surface area (Å²) in [6.45, 7) is 3.27. The number of rotatable bonds is 3. The zero-order chi connectivity index (χ0) is 20.1. The maximum Gasteiger partial charge on any atom is 0.228 e. The van der Waals surface area contributed by atoms with E-state index >= 15 is 0 Å². The van der Waals surface area contributed by atoms with Crippen LogP contribution in [0.4, 0.5) is 5.69 Å². The number of ketones is 1. The standard InChI is InChI=1S/C21H17N5O3/c1-11(27)16-12(2)29-21-18(17(16)15-4-3-9-28-15)20-24-19(25-26(20)10-23-21)13-5-7-14(22)8-6-13/h3-10,17H,22H2,1-2H3. The van der Waals surface area contributed by atoms with Crippen molar-refractivity contribution >= 4 is 17.1 Å². The maximum absolute atomic E-state index is 12.5. The summed E-state index contributed by atoms with van der Waals surface area (Å²) in [7, 11) is 0. The van der Waals surface area contributed by atoms with Gasteiger partial charge < -0.3 is 14.9 Å². The molecular weight excluding hydrogens is 370 g/mol. The van der Waals surface area contributed by atoms with Crippen LogP contribution >= 0.6 is 0 Å². The number of aromatic nitrogens is 4. The Kier molecular flexibility index (Phi) is 3.73. The Morgan fingerprint density at radius 2 is 2.00 bits per heavy atom. The van der Waals surface area contributed by atoms with Crippen molar-refractivity contribution in [2.24, 2.45) is 0 Å². The van der Waals surface area contributed by atoms with Gasteiger partial charge >= 0.3 is 0 Å². The average molecular weight is 387 g/mol. The van der Waals surface area contributed by atoms with Gasteiger partial charge in [-0.05, 0) is 50.2 Å². The molecule has 144 valence electrons. The normalized spacial score (nSPS) is 16.0. The third kappa shape index (κ3) is 2.68. The van der Waals surface area contributed by atoms with Gasteiger partial charge in [0.2, 0.25) is 5.88 Å². The molecule has 1 atom stereocenters. The molecule has 1 aliphatic heterocycles. The molecule has 0 spiro atoms. The number of ether oxygens (including phenoxy) is 1. The van der Waals surface area contributed by atoms with E-state index in [0.29, 0.717) is 45.7 Å². The van der Waals surface area contributed by atoms with Crippen LogP contribution in [0.25, 0.3) is 17.0 Å². The van der Waals surface area contributed by atoms with Crippen molar-refractivity contribution in [2.45, 2.75) is 19.8 Å². The summed E-state index contributed by atoms with van der Waals surface area (Å²) in [5, 5.41) is 4.54. The fraction of sp³-hybridized carbons (Fsp3) is 0.143. The Bertz CT molecular complexity index is 1270. The smallest absolute Gasteiger partial charge is 0.228 e. The van der Waals surface area contributed by atoms with Crippen molar-refractivity contribution in [3.63, 3.8) is 0 Å². The number of hydrogen-bond acceptors (Lipinski definition) is 7. The van der Waals surface area contributed by atoms with Gasteiger partial charge in [0.05, 0.1) is 17.7 Å². The third-order valence-electron chi connectivity index (χ3n) is 4.97. The number of benzene rings is 1. The molecule has 4 aromatic rings. The van der Waals surface area contributed by atoms with Crippen molar-refractivity contribution < 1.29 is 13.9 Å². The first kappa shape index (κ1) is 17.2. The van der Waals surface area contributed by atoms with E-state index in [1.165, 1.54) is 6.92 Å². The average Bonchev–Trinajstić information content (AvgIpc) is 3.37. The van der Waals surface area contributed by atoms with E-state index in [0.717, 1.165) is 5.56 Å². The highest BCUT2D eigenvalue weighted by atomic mass is 16.5. The molecule has 8 nitrogen and oxygen atoms in total. The highest BCUT2D eigenvalue weighted by Gasteiger charge is 2.37. The van der Waals surface area contributed by atoms with Gasteiger partial charge in [-0.25, -0.2) is 14.5 Å². The Balaban J connectivity index is 1.76. The van der Waals surface area contributed by atoms with E-state index in [1.54, 1.807) is 42.2 Å². The highest BCUT2D eigenvalue weighted by molar-refractivity contribution is 5.97. The lowest BCUT2D eigenvalue weighted by atomic mass is 9.85. The molecule has 0 radical (unpaired) electrons. The van der Waals surface area contributed by atoms with Gasteiger partial charge in [-0.3, -0.25) is 4.79 Å². The Morgan fingerprint density at radius 1 is 1.21 bits per heavy atom. The molecule has 1 unspecified atom stereocenters. The minimum Gasteiger partial charge on any atom is -0.468 e. The van der Waals surface area contributed by atoms with Crippen molar-refractivity contribution in [2.75, 3.05) is 5.73 Å². The van der Waals surface area contributed by atoms with Crippen LogP contribution in [0.1, 0.15) is 31.1 Å². The first-order valence-corrected chi connectivity index (χ1v) is 9.07. The van der Waals surface area contributed by atoms with E-state index in [4.69, 9.17) is 19.9 Å². The van der Waals surface area contributed by atoms with Crippen LogP contribution in [0.15, 0.2) is 64.7 Å². The quantitative estimate of drug-likeness (QED) is 0.537. The molecule has 0 fully saturated rings. The molecule has 1 aromatic carbocycles. The highest BCUT2D eigenvalue weighted by Crippen LogP contribution is 2.44. The molecule has 3 aromatic heterocycles. The number of allylic oxidation sites excluding steroid dienone is 2. The zero-order valence-electron chi connectivity index (χ0n) is 15.8. The SMILES string of the molecule is CC(=O)C1=C(C)Oc2ncn3nc(-c4ccc(N)cc4)nc3c2C1c1ccco1. The van der Waals surface area contributed by atoms with E-state index < -0.39 is 5.92 Å². The second-order valence-corrected chi connectivity index (χ2v) is 6.87. The number of nitrogens with zero attached hydrogens (tertiary/aromatic N) is 4. The van der Waals surface area contributed by atoms with Gasteiger partial charge in [-0.1, -0.05) is 0 Å². The fourth-order valence-electron chi connectivity index (χ4n) is 3.69. The number of nitrogen functional groups attached to an aromatic ring is 1. The predicted molar refractivity (Wildman–Crippen MR) is 105 cm³/mol. The van der Waals surface area contributed by atoms with Gasteiger partial charge in [-0.15, -0.1) is 5.10 Å². The molecule has 0 saturated carbocycles. The first-order chi connectivity index (χ1) is 14.0. The largest absolute Gasteiger partial charge is 0.468 e. The molecule has 2 N–H and O–H groups in total. The molecule has 0 saturated heterocycles. The van der Waals surface area contributed by atoms with Crippen molar-refractivity contribution in [3.8, 4) is 17.3 Å². The Hall–Kier alpha value is -3.94. The number of nitrogens with two attached hydrogens (primary N) is 1. The van der Waals surface area contributed by atoms with E-state index in [1.807, 2.05) is 18.2 Å². The lowest BCUT2D eigenvalue weighted by Gasteiger charge is -2.26. The summed E-state index contributed by atoms with van der Waals surface area (Å²) >= 11 is 0. The van der Waals surface area contributed by atoms with Gasteiger partial charge in [0.1, 0.15) is 17.8 Å². The Labute approximate surface area is 165 Å². The predicted octanol–water partition coefficient (Wildman–Crippen LogP) is 3.35. The summed E-state index contributed by atoms with van der Waals surface area (Å²) in [6.07, 6.45) is 3.13. The van der Waals surface area contributed by atoms with Crippen LogP contribution in [0.3, 0.4) is 0 Å². The first-order valence-electron chi connectivity index (χ1n) is 9.07. The molecule has 8 heteroatoms. The number of fused-ring (bicyclic) bond motifs is 3. The molecule has 1 aliphatic rings. The van der Waals surface area contributed by atoms with Gasteiger partial charge in [0.25, 0.3) is 0 Å². The molecule has 5 rings (SSSR count). The van der Waals surface area contributed by atoms with Gasteiger partial charge in [-0.2, -0.15) is 0 Å². The maximum atomic E-state index is 12.5. The van der Waals surface area contributed by atoms with Crippen LogP contribution < -0.4 is 10.5 Å². The summed E-state index contributed by atoms with van der Waals surface area (Å²) in [5.41, 5.74) is 8.97. The minimum absolute atomic E-state index is 0.102. The topological polar surface area (TPSA) is 109 Å². The second kappa shape index (κ2) is 6.30. The van der Waals surface area contributed by atoms with E-state index in [9.17, 15) is 4.79 Å². The number of anilines is 1. The summed E-state index contributed by atoms with van der Waals surface area (Å²) < 4.78 is 13.1. The van der Waals surface area contributed by atoms with E-state index in [2.05, 4.69) is 10.1 Å². The molecule has 4 heterocycles. The lowest BCUT2D eigenvalue weighted by molar-refractivity contribution is -0.114. The second-order valence-electron chi connectivity index (χ2n) is 6.87. The molecule has 0 bridgehead atoms. The van der Waals surface area contributed by atoms with Crippen molar-refractivity contribution in [1.82, 2.24) is 19.6 Å². The van der Waals surface area contributed by atoms with Gasteiger partial charge in [0, 0.05) is 16.8 Å². The number of Topliss-reactive ketones (excluding diaryl/α,β-unsaturated/α-hetero) is 1. The van der Waals surface area contributed by atoms with Gasteiger partial charge in [0.15, 0.2) is 17.3 Å². The lowest BCUT2D eigenvalue weighted by Crippen LogP contribution is -2.21. The molecule has 0 aliphatic carbocycles. The van der Waals surface area contributed by atoms with Crippen LogP contribution in [0.5, 0.6) is 5.88 Å². The minimum atomic E-state index is -0.481. The van der Waals surface area contributed by atoms with Crippen LogP contribution in [0, 0.1) is 0 Å². The van der Waals surface area contributed by atoms with Crippen LogP contribution in [-0.4, -0.2) is 25.4 Å². The van der Waals surface area contributed by atoms with Crippen molar-refractivity contribution in [1.29, 1.82) is 0 Å². The molecular formula is C21H17N5O3. The third-order valence-corrected chi connectivity index (χ3v) is 4.97. The summed E-state index contributed by atoms with van der Waals surface area (Å²) in [4.78, 5) is 21.6. The Morgan fingerprint density at radius 3 is 2.69 bits per heavy atom. The molecule has 29 heavy (non-hydrogen) atoms. The number of furan rings is 1. The number of hydrogen-bond donors (Lipinski definition) is 1. The monoisotopic (exact) mass is 387 g/mol. The summed E-state index contributed by atoms with van der Waals surface area (Å²) in [5.74, 6) is 1.44. The van der Waals surface area contributed by atoms with Crippen LogP contribution in [0.2, 0.25) is 0 Å². The number of carbonyl (C=O) groups is 1. The zero-order valence-corrected chi connectivity index (χ0v) is 15.8. The van der Waals surface area contributed by atoms with Crippen LogP contribution in [-0.2, 0) is 4.79 Å². The summed E-state index contributed by atoms with van der Waals surface area (Å²) in [6, 6.07) is 10.9. The number of carbonyl (C=O) groups excluding carboxylic acids is 1.